The van der Waals surface area contributed by atoms with E-state index in [2.05, 4.69) is 15.2 Å². The molecule has 0 spiro atoms. The van der Waals surface area contributed by atoms with Crippen LogP contribution in [-0.4, -0.2) is 30.6 Å². The lowest BCUT2D eigenvalue weighted by molar-refractivity contribution is -0.116. The number of rotatable bonds is 2. The summed E-state index contributed by atoms with van der Waals surface area (Å²) in [6.45, 7) is 0. The second-order valence-electron chi connectivity index (χ2n) is 4.73. The standard InChI is InChI=1S/C13H12N4OS/c18-10-6-3-7-11(10)19-13-16-15-12-14-8-4-1-2-5-9(8)17(12)13/h1-2,4-5,11H,3,6-7H2,(H,14,15)/t11-/m0/s1. The van der Waals surface area contributed by atoms with Gasteiger partial charge in [0, 0.05) is 6.42 Å². The number of carbonyl (C=O) groups excluding carboxylic acids is 1. The smallest absolute Gasteiger partial charge is 0.231 e. The molecule has 6 heteroatoms. The lowest BCUT2D eigenvalue weighted by Gasteiger charge is -2.04. The second-order valence-corrected chi connectivity index (χ2v) is 5.90. The number of thioether (sulfide) groups is 1. The van der Waals surface area contributed by atoms with E-state index in [-0.39, 0.29) is 5.25 Å². The average molecular weight is 272 g/mol. The molecule has 1 aliphatic rings. The number of nitrogens with one attached hydrogen (secondary N) is 1. The van der Waals surface area contributed by atoms with Crippen LogP contribution in [0.15, 0.2) is 29.4 Å². The van der Waals surface area contributed by atoms with Gasteiger partial charge in [0.15, 0.2) is 5.16 Å². The van der Waals surface area contributed by atoms with Crippen molar-refractivity contribution >= 4 is 34.4 Å². The van der Waals surface area contributed by atoms with Crippen LogP contribution in [0.5, 0.6) is 0 Å². The number of fused-ring (bicyclic) bond motifs is 3. The van der Waals surface area contributed by atoms with Gasteiger partial charge in [0.25, 0.3) is 0 Å². The van der Waals surface area contributed by atoms with Crippen LogP contribution in [-0.2, 0) is 4.79 Å². The third kappa shape index (κ3) is 1.67. The molecule has 19 heavy (non-hydrogen) atoms. The van der Waals surface area contributed by atoms with Crippen LogP contribution in [0, 0.1) is 0 Å². The van der Waals surface area contributed by atoms with Crippen LogP contribution in [0.1, 0.15) is 19.3 Å². The maximum Gasteiger partial charge on any atom is 0.231 e. The van der Waals surface area contributed by atoms with Gasteiger partial charge in [0.2, 0.25) is 5.78 Å². The fourth-order valence-electron chi connectivity index (χ4n) is 2.56. The highest BCUT2D eigenvalue weighted by Gasteiger charge is 2.27. The molecule has 0 bridgehead atoms. The number of Topliss-reactive ketones (excluding diaryl/α,β-unsaturated/α-hetero) is 1. The zero-order valence-corrected chi connectivity index (χ0v) is 11.0. The third-order valence-electron chi connectivity index (χ3n) is 3.50. The Hall–Kier alpha value is -1.82. The Morgan fingerprint density at radius 3 is 3.11 bits per heavy atom. The van der Waals surface area contributed by atoms with Crippen molar-refractivity contribution in [2.75, 3.05) is 0 Å². The van der Waals surface area contributed by atoms with Crippen LogP contribution in [0.3, 0.4) is 0 Å². The third-order valence-corrected chi connectivity index (χ3v) is 4.77. The molecule has 0 aliphatic heterocycles. The number of benzene rings is 1. The maximum atomic E-state index is 11.8. The summed E-state index contributed by atoms with van der Waals surface area (Å²) in [5.74, 6) is 1.07. The molecule has 1 saturated carbocycles. The van der Waals surface area contributed by atoms with Crippen LogP contribution in [0.25, 0.3) is 16.8 Å². The van der Waals surface area contributed by atoms with Gasteiger partial charge in [-0.1, -0.05) is 23.9 Å². The Bertz CT molecular complexity index is 775. The van der Waals surface area contributed by atoms with Gasteiger partial charge in [-0.15, -0.1) is 5.10 Å². The zero-order valence-electron chi connectivity index (χ0n) is 10.2. The normalized spacial score (nSPS) is 19.8. The molecule has 0 radical (unpaired) electrons. The van der Waals surface area contributed by atoms with Crippen molar-refractivity contribution in [2.24, 2.45) is 0 Å². The summed E-state index contributed by atoms with van der Waals surface area (Å²) in [6, 6.07) is 7.95. The minimum absolute atomic E-state index is 0.0488. The Kier molecular flexibility index (Phi) is 2.38. The average Bonchev–Trinajstić information content (AvgIpc) is 3.07. The Morgan fingerprint density at radius 1 is 1.37 bits per heavy atom. The largest absolute Gasteiger partial charge is 0.298 e. The minimum Gasteiger partial charge on any atom is -0.298 e. The molecule has 2 heterocycles. The number of hydrogen-bond donors (Lipinski definition) is 1. The van der Waals surface area contributed by atoms with E-state index < -0.39 is 0 Å². The molecule has 96 valence electrons. The van der Waals surface area contributed by atoms with Crippen molar-refractivity contribution in [2.45, 2.75) is 29.7 Å². The van der Waals surface area contributed by atoms with E-state index >= 15 is 0 Å². The highest BCUT2D eigenvalue weighted by molar-refractivity contribution is 8.00. The monoisotopic (exact) mass is 272 g/mol. The number of nitrogens with zero attached hydrogens (tertiary/aromatic N) is 3. The molecule has 2 aromatic heterocycles. The predicted molar refractivity (Wildman–Crippen MR) is 73.3 cm³/mol. The van der Waals surface area contributed by atoms with Gasteiger partial charge < -0.3 is 0 Å². The van der Waals surface area contributed by atoms with Crippen molar-refractivity contribution in [1.29, 1.82) is 0 Å². The number of para-hydroxylation sites is 2. The highest BCUT2D eigenvalue weighted by atomic mass is 32.2. The summed E-state index contributed by atoms with van der Waals surface area (Å²) in [4.78, 5) is 16.2. The van der Waals surface area contributed by atoms with E-state index in [1.807, 2.05) is 28.7 Å². The molecule has 1 atom stereocenters. The molecule has 4 rings (SSSR count). The summed E-state index contributed by atoms with van der Waals surface area (Å²) < 4.78 is 1.99. The molecule has 3 aromatic rings. The van der Waals surface area contributed by atoms with Gasteiger partial charge in [-0.3, -0.25) is 9.20 Å². The second kappa shape index (κ2) is 4.09. The van der Waals surface area contributed by atoms with E-state index in [4.69, 9.17) is 0 Å². The number of H-pyrrole nitrogens is 1. The Morgan fingerprint density at radius 2 is 2.26 bits per heavy atom. The van der Waals surface area contributed by atoms with Gasteiger partial charge in [-0.25, -0.2) is 10.1 Å². The summed E-state index contributed by atoms with van der Waals surface area (Å²) in [7, 11) is 0. The Balaban J connectivity index is 1.83. The van der Waals surface area contributed by atoms with Gasteiger partial charge in [-0.2, -0.15) is 0 Å². The molecular formula is C13H12N4OS. The first kappa shape index (κ1) is 11.0. The van der Waals surface area contributed by atoms with E-state index in [0.717, 1.165) is 34.8 Å². The van der Waals surface area contributed by atoms with Crippen molar-refractivity contribution in [3.8, 4) is 0 Å². The van der Waals surface area contributed by atoms with Crippen molar-refractivity contribution in [3.63, 3.8) is 0 Å². The number of carbonyl (C=O) groups is 1. The lowest BCUT2D eigenvalue weighted by Crippen LogP contribution is -2.08. The fraction of sp³-hybridized carbons (Fsp3) is 0.308. The van der Waals surface area contributed by atoms with Gasteiger partial charge in [-0.05, 0) is 25.0 Å². The SMILES string of the molecule is O=C1CCC[C@@H]1Sc1n[nH]c2nc3ccccc3n12. The molecule has 1 aromatic carbocycles. The molecule has 1 N–H and O–H groups in total. The summed E-state index contributed by atoms with van der Waals surface area (Å²) >= 11 is 1.55. The van der Waals surface area contributed by atoms with Crippen molar-refractivity contribution in [3.05, 3.63) is 24.3 Å². The summed E-state index contributed by atoms with van der Waals surface area (Å²) in [6.07, 6.45) is 2.65. The quantitative estimate of drug-likeness (QED) is 0.778. The zero-order chi connectivity index (χ0) is 12.8. The molecular weight excluding hydrogens is 260 g/mol. The first-order valence-electron chi connectivity index (χ1n) is 6.34. The molecule has 1 aliphatic carbocycles. The summed E-state index contributed by atoms with van der Waals surface area (Å²) in [5.41, 5.74) is 1.97. The van der Waals surface area contributed by atoms with E-state index in [9.17, 15) is 4.79 Å². The van der Waals surface area contributed by atoms with Crippen LogP contribution in [0.4, 0.5) is 0 Å². The van der Waals surface area contributed by atoms with Gasteiger partial charge in [0.05, 0.1) is 16.3 Å². The highest BCUT2D eigenvalue weighted by Crippen LogP contribution is 2.32. The van der Waals surface area contributed by atoms with Gasteiger partial charge in [0.1, 0.15) is 5.78 Å². The molecule has 1 fully saturated rings. The molecule has 0 unspecified atom stereocenters. The maximum absolute atomic E-state index is 11.8. The first-order valence-corrected chi connectivity index (χ1v) is 7.22. The molecule has 5 nitrogen and oxygen atoms in total. The Labute approximate surface area is 113 Å². The summed E-state index contributed by atoms with van der Waals surface area (Å²) in [5, 5.41) is 8.10. The van der Waals surface area contributed by atoms with E-state index in [0.29, 0.717) is 12.2 Å². The van der Waals surface area contributed by atoms with E-state index in [1.54, 1.807) is 11.8 Å². The first-order chi connectivity index (χ1) is 9.33. The van der Waals surface area contributed by atoms with Crippen LogP contribution >= 0.6 is 11.8 Å². The number of aromatic nitrogens is 4. The fourth-order valence-corrected chi connectivity index (χ4v) is 3.73. The minimum atomic E-state index is 0.0488. The number of aromatic amines is 1. The number of ketones is 1. The van der Waals surface area contributed by atoms with Crippen LogP contribution in [0.2, 0.25) is 0 Å². The lowest BCUT2D eigenvalue weighted by atomic mass is 10.3. The molecule has 0 amide bonds. The van der Waals surface area contributed by atoms with Gasteiger partial charge >= 0.3 is 0 Å². The topological polar surface area (TPSA) is 63.0 Å². The van der Waals surface area contributed by atoms with Crippen molar-refractivity contribution < 1.29 is 4.79 Å². The number of imidazole rings is 1. The van der Waals surface area contributed by atoms with Crippen LogP contribution < -0.4 is 0 Å². The van der Waals surface area contributed by atoms with E-state index in [1.165, 1.54) is 0 Å². The number of hydrogen-bond acceptors (Lipinski definition) is 4. The van der Waals surface area contributed by atoms with Crippen molar-refractivity contribution in [1.82, 2.24) is 19.6 Å². The predicted octanol–water partition coefficient (Wildman–Crippen LogP) is 2.42. The molecule has 0 saturated heterocycles.